The molecule has 1 amide bonds. The maximum absolute atomic E-state index is 12.7. The van der Waals surface area contributed by atoms with Gasteiger partial charge in [-0.15, -0.1) is 0 Å². The Morgan fingerprint density at radius 1 is 1.41 bits per heavy atom. The van der Waals surface area contributed by atoms with Gasteiger partial charge in [0.05, 0.1) is 36.9 Å². The number of ether oxygens (including phenoxy) is 2. The minimum Gasteiger partial charge on any atom is -0.481 e. The number of aromatic nitrogens is 2. The number of methoxy groups -OCH3 is 1. The lowest BCUT2D eigenvalue weighted by Crippen LogP contribution is -2.33. The number of carbonyl (C=O) groups is 1. The van der Waals surface area contributed by atoms with Crippen molar-refractivity contribution in [2.75, 3.05) is 20.3 Å². The summed E-state index contributed by atoms with van der Waals surface area (Å²) in [7, 11) is 3.54. The third kappa shape index (κ3) is 2.72. The molecule has 2 fully saturated rings. The molecule has 0 radical (unpaired) electrons. The summed E-state index contributed by atoms with van der Waals surface area (Å²) in [5.41, 5.74) is 2.00. The maximum Gasteiger partial charge on any atom is 0.225 e. The van der Waals surface area contributed by atoms with E-state index < -0.39 is 0 Å². The van der Waals surface area contributed by atoms with Crippen LogP contribution < -0.4 is 4.74 Å². The number of carbonyl (C=O) groups excluding carboxylic acids is 1. The fraction of sp³-hybridized carbons (Fsp3) is 0.750. The summed E-state index contributed by atoms with van der Waals surface area (Å²) in [5, 5.41) is 4.45. The number of nitrogens with zero attached hydrogens (tertiary/aromatic N) is 3. The van der Waals surface area contributed by atoms with E-state index in [-0.39, 0.29) is 18.1 Å². The Bertz CT molecular complexity index is 549. The van der Waals surface area contributed by atoms with Crippen molar-refractivity contribution >= 4 is 5.91 Å². The predicted molar refractivity (Wildman–Crippen MR) is 81.8 cm³/mol. The van der Waals surface area contributed by atoms with Gasteiger partial charge in [-0.3, -0.25) is 4.79 Å². The van der Waals surface area contributed by atoms with Crippen molar-refractivity contribution in [3.8, 4) is 5.88 Å². The Kier molecular flexibility index (Phi) is 4.38. The van der Waals surface area contributed by atoms with Gasteiger partial charge in [-0.05, 0) is 32.6 Å². The molecule has 0 aromatic carbocycles. The number of aryl methyl sites for hydroxylation is 2. The molecule has 122 valence electrons. The minimum atomic E-state index is 0.0811. The van der Waals surface area contributed by atoms with Crippen LogP contribution in [0.2, 0.25) is 0 Å². The molecule has 6 heteroatoms. The van der Waals surface area contributed by atoms with Crippen LogP contribution in [0.1, 0.15) is 49.4 Å². The van der Waals surface area contributed by atoms with Crippen molar-refractivity contribution in [2.45, 2.75) is 51.2 Å². The van der Waals surface area contributed by atoms with Crippen LogP contribution in [0.5, 0.6) is 5.88 Å². The number of likely N-dealkylation sites (tertiary alicyclic amines) is 1. The molecule has 2 atom stereocenters. The highest BCUT2D eigenvalue weighted by Crippen LogP contribution is 2.39. The van der Waals surface area contributed by atoms with E-state index >= 15 is 0 Å². The second kappa shape index (κ2) is 6.28. The normalized spacial score (nSPS) is 25.0. The molecular formula is C16H25N3O3. The molecule has 0 N–H and O–H groups in total. The molecule has 2 aliphatic heterocycles. The van der Waals surface area contributed by atoms with Gasteiger partial charge in [0.15, 0.2) is 0 Å². The Balaban J connectivity index is 1.79. The van der Waals surface area contributed by atoms with Crippen LogP contribution in [0.4, 0.5) is 0 Å². The molecule has 1 aromatic rings. The van der Waals surface area contributed by atoms with Gasteiger partial charge in [-0.25, -0.2) is 4.68 Å². The fourth-order valence-corrected chi connectivity index (χ4v) is 3.76. The van der Waals surface area contributed by atoms with Gasteiger partial charge in [0.25, 0.3) is 0 Å². The fourth-order valence-electron chi connectivity index (χ4n) is 3.76. The van der Waals surface area contributed by atoms with Gasteiger partial charge in [-0.1, -0.05) is 0 Å². The summed E-state index contributed by atoms with van der Waals surface area (Å²) in [5.74, 6) is 0.957. The first-order valence-electron chi connectivity index (χ1n) is 8.10. The Morgan fingerprint density at radius 2 is 2.23 bits per heavy atom. The quantitative estimate of drug-likeness (QED) is 0.853. The summed E-state index contributed by atoms with van der Waals surface area (Å²) in [4.78, 5) is 14.7. The van der Waals surface area contributed by atoms with Gasteiger partial charge in [-0.2, -0.15) is 5.10 Å². The van der Waals surface area contributed by atoms with Gasteiger partial charge in [0, 0.05) is 20.2 Å². The summed E-state index contributed by atoms with van der Waals surface area (Å²) in [6.45, 7) is 3.59. The van der Waals surface area contributed by atoms with Crippen LogP contribution in [0.3, 0.4) is 0 Å². The Labute approximate surface area is 131 Å². The summed E-state index contributed by atoms with van der Waals surface area (Å²) >= 11 is 0. The van der Waals surface area contributed by atoms with E-state index in [4.69, 9.17) is 9.47 Å². The molecule has 22 heavy (non-hydrogen) atoms. The van der Waals surface area contributed by atoms with Crippen LogP contribution in [0.15, 0.2) is 0 Å². The second-order valence-corrected chi connectivity index (χ2v) is 6.22. The van der Waals surface area contributed by atoms with E-state index in [1.165, 1.54) is 0 Å². The Morgan fingerprint density at radius 3 is 2.91 bits per heavy atom. The standard InChI is InChI=1S/C16H25N3O3/c1-11-15(16(21-3)18(2)17-11)13-7-4-8-19(13)14(20)10-12-6-5-9-22-12/h12-13H,4-10H2,1-3H3/t12-,13+/m0/s1. The van der Waals surface area contributed by atoms with E-state index in [0.29, 0.717) is 6.42 Å². The summed E-state index contributed by atoms with van der Waals surface area (Å²) in [6.07, 6.45) is 4.67. The zero-order valence-electron chi connectivity index (χ0n) is 13.7. The Hall–Kier alpha value is -1.56. The molecule has 0 aliphatic carbocycles. The van der Waals surface area contributed by atoms with E-state index in [1.54, 1.807) is 11.8 Å². The molecule has 3 rings (SSSR count). The number of hydrogen-bond acceptors (Lipinski definition) is 4. The van der Waals surface area contributed by atoms with Crippen LogP contribution in [-0.2, 0) is 16.6 Å². The second-order valence-electron chi connectivity index (χ2n) is 6.22. The molecule has 0 saturated carbocycles. The first kappa shape index (κ1) is 15.3. The number of amides is 1. The molecular weight excluding hydrogens is 282 g/mol. The zero-order valence-corrected chi connectivity index (χ0v) is 13.7. The highest BCUT2D eigenvalue weighted by atomic mass is 16.5. The van der Waals surface area contributed by atoms with Gasteiger partial charge < -0.3 is 14.4 Å². The van der Waals surface area contributed by atoms with Gasteiger partial charge >= 0.3 is 0 Å². The van der Waals surface area contributed by atoms with Crippen molar-refractivity contribution < 1.29 is 14.3 Å². The highest BCUT2D eigenvalue weighted by molar-refractivity contribution is 5.77. The monoisotopic (exact) mass is 307 g/mol. The minimum absolute atomic E-state index is 0.0811. The van der Waals surface area contributed by atoms with Crippen molar-refractivity contribution in [1.82, 2.24) is 14.7 Å². The lowest BCUT2D eigenvalue weighted by atomic mass is 10.0. The third-order valence-corrected chi connectivity index (χ3v) is 4.74. The zero-order chi connectivity index (χ0) is 15.7. The van der Waals surface area contributed by atoms with E-state index in [0.717, 1.165) is 56.0 Å². The molecule has 2 aliphatic rings. The molecule has 6 nitrogen and oxygen atoms in total. The SMILES string of the molecule is COc1c([C@H]2CCCN2C(=O)C[C@@H]2CCCO2)c(C)nn1C. The first-order valence-corrected chi connectivity index (χ1v) is 8.10. The molecule has 3 heterocycles. The van der Waals surface area contributed by atoms with E-state index in [9.17, 15) is 4.79 Å². The smallest absolute Gasteiger partial charge is 0.225 e. The average molecular weight is 307 g/mol. The largest absolute Gasteiger partial charge is 0.481 e. The van der Waals surface area contributed by atoms with Crippen molar-refractivity contribution in [1.29, 1.82) is 0 Å². The van der Waals surface area contributed by atoms with Crippen LogP contribution >= 0.6 is 0 Å². The van der Waals surface area contributed by atoms with Gasteiger partial charge in [0.1, 0.15) is 0 Å². The van der Waals surface area contributed by atoms with Crippen LogP contribution in [0, 0.1) is 6.92 Å². The lowest BCUT2D eigenvalue weighted by Gasteiger charge is -2.26. The molecule has 2 saturated heterocycles. The number of rotatable bonds is 4. The van der Waals surface area contributed by atoms with Crippen molar-refractivity contribution in [2.24, 2.45) is 7.05 Å². The average Bonchev–Trinajstić information content (AvgIpc) is 3.18. The van der Waals surface area contributed by atoms with E-state index in [2.05, 4.69) is 5.10 Å². The third-order valence-electron chi connectivity index (χ3n) is 4.74. The predicted octanol–water partition coefficient (Wildman–Crippen LogP) is 1.97. The summed E-state index contributed by atoms with van der Waals surface area (Å²) < 4.78 is 12.9. The van der Waals surface area contributed by atoms with Gasteiger partial charge in [0.2, 0.25) is 11.8 Å². The maximum atomic E-state index is 12.7. The number of hydrogen-bond donors (Lipinski definition) is 0. The van der Waals surface area contributed by atoms with E-state index in [1.807, 2.05) is 18.9 Å². The van der Waals surface area contributed by atoms with Crippen molar-refractivity contribution in [3.05, 3.63) is 11.3 Å². The molecule has 0 unspecified atom stereocenters. The van der Waals surface area contributed by atoms with Crippen molar-refractivity contribution in [3.63, 3.8) is 0 Å². The molecule has 1 aromatic heterocycles. The lowest BCUT2D eigenvalue weighted by molar-refractivity contribution is -0.134. The first-order chi connectivity index (χ1) is 10.6. The van der Waals surface area contributed by atoms with Crippen LogP contribution in [-0.4, -0.2) is 47.0 Å². The molecule has 0 bridgehead atoms. The highest BCUT2D eigenvalue weighted by Gasteiger charge is 2.36. The molecule has 0 spiro atoms. The summed E-state index contributed by atoms with van der Waals surface area (Å²) in [6, 6.07) is 0.0811. The topological polar surface area (TPSA) is 56.6 Å². The van der Waals surface area contributed by atoms with Crippen LogP contribution in [0.25, 0.3) is 0 Å².